The molecule has 0 fully saturated rings. The molecule has 3 heteroatoms. The third-order valence-electron chi connectivity index (χ3n) is 1.95. The third-order valence-corrected chi connectivity index (χ3v) is 2.32. The van der Waals surface area contributed by atoms with E-state index >= 15 is 0 Å². The largest absolute Gasteiger partial charge is 0.391 e. The van der Waals surface area contributed by atoms with Crippen molar-refractivity contribution in [3.8, 4) is 0 Å². The summed E-state index contributed by atoms with van der Waals surface area (Å²) in [6, 6.07) is 7.58. The highest BCUT2D eigenvalue weighted by molar-refractivity contribution is 6.31. The molecule has 1 aromatic carbocycles. The van der Waals surface area contributed by atoms with Crippen molar-refractivity contribution in [3.05, 3.63) is 34.9 Å². The second kappa shape index (κ2) is 7.30. The van der Waals surface area contributed by atoms with Crippen LogP contribution in [-0.4, -0.2) is 6.21 Å². The van der Waals surface area contributed by atoms with Crippen molar-refractivity contribution in [3.63, 3.8) is 0 Å². The van der Waals surface area contributed by atoms with E-state index in [1.165, 1.54) is 0 Å². The molecule has 0 bridgehead atoms. The Labute approximate surface area is 95.9 Å². The average molecular weight is 225 g/mol. The summed E-state index contributed by atoms with van der Waals surface area (Å²) < 4.78 is 0. The highest BCUT2D eigenvalue weighted by Crippen LogP contribution is 2.15. The van der Waals surface area contributed by atoms with Gasteiger partial charge in [0.2, 0.25) is 0 Å². The van der Waals surface area contributed by atoms with Gasteiger partial charge in [-0.15, -0.1) is 0 Å². The van der Waals surface area contributed by atoms with E-state index in [4.69, 9.17) is 16.4 Å². The molecule has 0 heterocycles. The summed E-state index contributed by atoms with van der Waals surface area (Å²) in [4.78, 5) is 5.08. The molecular weight excluding hydrogens is 210 g/mol. The second-order valence-corrected chi connectivity index (χ2v) is 3.63. The van der Waals surface area contributed by atoms with Gasteiger partial charge in [0.25, 0.3) is 0 Å². The van der Waals surface area contributed by atoms with Crippen LogP contribution in [0.5, 0.6) is 0 Å². The van der Waals surface area contributed by atoms with Crippen LogP contribution in [0.15, 0.2) is 29.4 Å². The zero-order chi connectivity index (χ0) is 10.9. The molecular formula is C12H15ClNO. The van der Waals surface area contributed by atoms with Gasteiger partial charge in [-0.25, -0.2) is 0 Å². The lowest BCUT2D eigenvalue weighted by Gasteiger charge is -2.01. The van der Waals surface area contributed by atoms with Gasteiger partial charge in [-0.05, 0) is 18.9 Å². The molecule has 0 aliphatic rings. The van der Waals surface area contributed by atoms with Crippen molar-refractivity contribution in [2.24, 2.45) is 5.16 Å². The molecule has 0 spiro atoms. The SMILES string of the molecule is CCCC/[C]=N/OCc1ccccc1Cl. The topological polar surface area (TPSA) is 21.6 Å². The number of nitrogens with zero attached hydrogens (tertiary/aromatic N) is 1. The Bertz CT molecular complexity index is 312. The summed E-state index contributed by atoms with van der Waals surface area (Å²) in [6.07, 6.45) is 5.92. The number of unbranched alkanes of at least 4 members (excludes halogenated alkanes) is 2. The molecule has 1 rings (SSSR count). The first-order valence-electron chi connectivity index (χ1n) is 5.13. The van der Waals surface area contributed by atoms with Crippen molar-refractivity contribution in [1.82, 2.24) is 0 Å². The Morgan fingerprint density at radius 2 is 2.20 bits per heavy atom. The van der Waals surface area contributed by atoms with Crippen LogP contribution in [0.3, 0.4) is 0 Å². The number of hydrogen-bond donors (Lipinski definition) is 0. The summed E-state index contributed by atoms with van der Waals surface area (Å²) in [5.41, 5.74) is 0.945. The highest BCUT2D eigenvalue weighted by atomic mass is 35.5. The van der Waals surface area contributed by atoms with Crippen LogP contribution in [0.4, 0.5) is 0 Å². The quantitative estimate of drug-likeness (QED) is 0.408. The molecule has 2 nitrogen and oxygen atoms in total. The number of rotatable bonds is 6. The van der Waals surface area contributed by atoms with Crippen LogP contribution in [0.2, 0.25) is 5.02 Å². The molecule has 0 aromatic heterocycles. The van der Waals surface area contributed by atoms with Crippen LogP contribution in [-0.2, 0) is 11.4 Å². The van der Waals surface area contributed by atoms with E-state index in [0.717, 1.165) is 24.8 Å². The molecule has 0 atom stereocenters. The van der Waals surface area contributed by atoms with Crippen molar-refractivity contribution in [2.45, 2.75) is 32.8 Å². The van der Waals surface area contributed by atoms with E-state index in [1.54, 1.807) is 0 Å². The molecule has 0 amide bonds. The second-order valence-electron chi connectivity index (χ2n) is 3.22. The van der Waals surface area contributed by atoms with E-state index in [2.05, 4.69) is 18.3 Å². The van der Waals surface area contributed by atoms with Gasteiger partial charge < -0.3 is 4.84 Å². The van der Waals surface area contributed by atoms with Gasteiger partial charge in [-0.3, -0.25) is 0 Å². The number of benzene rings is 1. The Hall–Kier alpha value is -1.02. The fourth-order valence-corrected chi connectivity index (χ4v) is 1.25. The molecule has 81 valence electrons. The summed E-state index contributed by atoms with van der Waals surface area (Å²) in [5.74, 6) is 0. The predicted octanol–water partition coefficient (Wildman–Crippen LogP) is 3.91. The summed E-state index contributed by atoms with van der Waals surface area (Å²) in [5, 5.41) is 4.45. The van der Waals surface area contributed by atoms with Crippen LogP contribution >= 0.6 is 11.6 Å². The molecule has 0 aliphatic carbocycles. The van der Waals surface area contributed by atoms with Crippen LogP contribution in [0.1, 0.15) is 31.7 Å². The lowest BCUT2D eigenvalue weighted by atomic mass is 10.2. The van der Waals surface area contributed by atoms with E-state index < -0.39 is 0 Å². The zero-order valence-corrected chi connectivity index (χ0v) is 9.63. The minimum absolute atomic E-state index is 0.402. The minimum Gasteiger partial charge on any atom is -0.391 e. The zero-order valence-electron chi connectivity index (χ0n) is 8.87. The fraction of sp³-hybridized carbons (Fsp3) is 0.417. The maximum absolute atomic E-state index is 5.94. The maximum Gasteiger partial charge on any atom is 0.143 e. The molecule has 0 unspecified atom stereocenters. The smallest absolute Gasteiger partial charge is 0.143 e. The maximum atomic E-state index is 5.94. The molecule has 0 N–H and O–H groups in total. The first kappa shape index (κ1) is 12.1. The average Bonchev–Trinajstić information content (AvgIpc) is 2.25. The number of hydrogen-bond acceptors (Lipinski definition) is 2. The van der Waals surface area contributed by atoms with E-state index in [-0.39, 0.29) is 0 Å². The van der Waals surface area contributed by atoms with Crippen molar-refractivity contribution >= 4 is 17.8 Å². The summed E-state index contributed by atoms with van der Waals surface area (Å²) in [7, 11) is 0. The van der Waals surface area contributed by atoms with Gasteiger partial charge in [-0.1, -0.05) is 48.3 Å². The first-order chi connectivity index (χ1) is 7.34. The normalized spacial score (nSPS) is 10.8. The highest BCUT2D eigenvalue weighted by Gasteiger charge is 1.97. The van der Waals surface area contributed by atoms with Gasteiger partial charge in [-0.2, -0.15) is 0 Å². The molecule has 15 heavy (non-hydrogen) atoms. The monoisotopic (exact) mass is 224 g/mol. The summed E-state index contributed by atoms with van der Waals surface area (Å²) >= 11 is 5.94. The molecule has 0 saturated heterocycles. The van der Waals surface area contributed by atoms with E-state index in [9.17, 15) is 0 Å². The Kier molecular flexibility index (Phi) is 5.86. The predicted molar refractivity (Wildman–Crippen MR) is 63.2 cm³/mol. The Morgan fingerprint density at radius 1 is 1.40 bits per heavy atom. The van der Waals surface area contributed by atoms with E-state index in [1.807, 2.05) is 24.3 Å². The Morgan fingerprint density at radius 3 is 2.93 bits per heavy atom. The molecule has 1 radical (unpaired) electrons. The van der Waals surface area contributed by atoms with Crippen molar-refractivity contribution in [2.75, 3.05) is 0 Å². The van der Waals surface area contributed by atoms with Crippen LogP contribution < -0.4 is 0 Å². The lowest BCUT2D eigenvalue weighted by Crippen LogP contribution is -1.88. The minimum atomic E-state index is 0.402. The van der Waals surface area contributed by atoms with Crippen LogP contribution in [0, 0.1) is 0 Å². The number of halogens is 1. The first-order valence-corrected chi connectivity index (χ1v) is 5.50. The van der Waals surface area contributed by atoms with Crippen molar-refractivity contribution in [1.29, 1.82) is 0 Å². The molecule has 0 saturated carbocycles. The van der Waals surface area contributed by atoms with Gasteiger partial charge in [0, 0.05) is 10.6 Å². The van der Waals surface area contributed by atoms with E-state index in [0.29, 0.717) is 11.6 Å². The fourth-order valence-electron chi connectivity index (χ4n) is 1.06. The van der Waals surface area contributed by atoms with Gasteiger partial charge in [0.15, 0.2) is 0 Å². The van der Waals surface area contributed by atoms with Crippen molar-refractivity contribution < 1.29 is 4.84 Å². The standard InChI is InChI=1S/C12H15ClNO/c1-2-3-6-9-14-15-10-11-7-4-5-8-12(11)13/h4-5,7-8H,2-3,6,10H2,1H3. The molecule has 0 aliphatic heterocycles. The van der Waals surface area contributed by atoms with Gasteiger partial charge in [0.1, 0.15) is 12.8 Å². The summed E-state index contributed by atoms with van der Waals surface area (Å²) in [6.45, 7) is 2.53. The Balaban J connectivity index is 2.26. The van der Waals surface area contributed by atoms with Crippen LogP contribution in [0.25, 0.3) is 0 Å². The van der Waals surface area contributed by atoms with Gasteiger partial charge in [0.05, 0.1) is 0 Å². The third kappa shape index (κ3) is 4.84. The lowest BCUT2D eigenvalue weighted by molar-refractivity contribution is 0.131. The molecule has 1 aromatic rings. The van der Waals surface area contributed by atoms with Gasteiger partial charge >= 0.3 is 0 Å².